The molecule has 0 unspecified atom stereocenters. The Labute approximate surface area is 178 Å². The van der Waals surface area contributed by atoms with Crippen molar-refractivity contribution >= 4 is 11.6 Å². The van der Waals surface area contributed by atoms with Gasteiger partial charge in [-0.3, -0.25) is 4.98 Å². The summed E-state index contributed by atoms with van der Waals surface area (Å²) in [5, 5.41) is 14.0. The van der Waals surface area contributed by atoms with Crippen LogP contribution in [0.4, 0.5) is 11.6 Å². The monoisotopic (exact) mass is 403 g/mol. The molecule has 1 aliphatic rings. The molecule has 1 aliphatic carbocycles. The zero-order chi connectivity index (χ0) is 20.8. The molecule has 156 valence electrons. The van der Waals surface area contributed by atoms with Crippen LogP contribution in [0, 0.1) is 0 Å². The van der Waals surface area contributed by atoms with E-state index >= 15 is 0 Å². The summed E-state index contributed by atoms with van der Waals surface area (Å²) >= 11 is 0. The van der Waals surface area contributed by atoms with Crippen molar-refractivity contribution in [3.63, 3.8) is 0 Å². The third-order valence-electron chi connectivity index (χ3n) is 5.68. The van der Waals surface area contributed by atoms with Crippen molar-refractivity contribution in [1.29, 1.82) is 0 Å². The van der Waals surface area contributed by atoms with E-state index < -0.39 is 0 Å². The SMILES string of the molecule is CCN(Cc1ccncc1)c1cccc(-c2cc(NC3CCCCC3)ncc2O)n1. The van der Waals surface area contributed by atoms with Crippen LogP contribution in [0.25, 0.3) is 11.3 Å². The fraction of sp³-hybridized carbons (Fsp3) is 0.375. The van der Waals surface area contributed by atoms with Gasteiger partial charge in [0, 0.05) is 37.1 Å². The molecule has 6 nitrogen and oxygen atoms in total. The van der Waals surface area contributed by atoms with Crippen molar-refractivity contribution in [3.8, 4) is 17.0 Å². The van der Waals surface area contributed by atoms with E-state index in [9.17, 15) is 5.11 Å². The molecule has 0 amide bonds. The van der Waals surface area contributed by atoms with Gasteiger partial charge in [0.1, 0.15) is 17.4 Å². The molecule has 3 aromatic heterocycles. The van der Waals surface area contributed by atoms with Crippen LogP contribution in [0.2, 0.25) is 0 Å². The van der Waals surface area contributed by atoms with Crippen molar-refractivity contribution < 1.29 is 5.11 Å². The summed E-state index contributed by atoms with van der Waals surface area (Å²) in [5.74, 6) is 1.82. The lowest BCUT2D eigenvalue weighted by atomic mass is 9.95. The van der Waals surface area contributed by atoms with Gasteiger partial charge in [0.15, 0.2) is 0 Å². The zero-order valence-electron chi connectivity index (χ0n) is 17.5. The standard InChI is InChI=1S/C24H29N5O/c1-2-29(17-18-11-13-25-14-12-18)24-10-6-9-21(28-24)20-15-23(26-16-22(20)30)27-19-7-4-3-5-8-19/h6,9-16,19,30H,2-5,7-8,17H2,1H3,(H,26,27). The summed E-state index contributed by atoms with van der Waals surface area (Å²) in [5.41, 5.74) is 2.63. The van der Waals surface area contributed by atoms with Crippen LogP contribution in [-0.4, -0.2) is 32.6 Å². The Kier molecular flexibility index (Phi) is 6.42. The van der Waals surface area contributed by atoms with Crippen LogP contribution in [0.1, 0.15) is 44.6 Å². The average Bonchev–Trinajstić information content (AvgIpc) is 2.80. The smallest absolute Gasteiger partial charge is 0.143 e. The van der Waals surface area contributed by atoms with Crippen molar-refractivity contribution in [2.75, 3.05) is 16.8 Å². The van der Waals surface area contributed by atoms with E-state index in [1.54, 1.807) is 0 Å². The van der Waals surface area contributed by atoms with Crippen molar-refractivity contribution in [2.45, 2.75) is 51.6 Å². The van der Waals surface area contributed by atoms with Gasteiger partial charge in [-0.2, -0.15) is 0 Å². The predicted molar refractivity (Wildman–Crippen MR) is 121 cm³/mol. The second kappa shape index (κ2) is 9.57. The first-order valence-corrected chi connectivity index (χ1v) is 10.8. The summed E-state index contributed by atoms with van der Waals surface area (Å²) in [6, 6.07) is 12.3. The fourth-order valence-corrected chi connectivity index (χ4v) is 4.00. The average molecular weight is 404 g/mol. The van der Waals surface area contributed by atoms with Gasteiger partial charge in [0.25, 0.3) is 0 Å². The molecule has 30 heavy (non-hydrogen) atoms. The van der Waals surface area contributed by atoms with Crippen molar-refractivity contribution in [3.05, 3.63) is 60.6 Å². The third kappa shape index (κ3) is 4.87. The Morgan fingerprint density at radius 1 is 1.10 bits per heavy atom. The fourth-order valence-electron chi connectivity index (χ4n) is 4.00. The minimum Gasteiger partial charge on any atom is -0.506 e. The third-order valence-corrected chi connectivity index (χ3v) is 5.68. The van der Waals surface area contributed by atoms with E-state index in [4.69, 9.17) is 4.98 Å². The number of nitrogens with one attached hydrogen (secondary N) is 1. The number of anilines is 2. The van der Waals surface area contributed by atoms with E-state index in [1.807, 2.05) is 48.8 Å². The number of pyridine rings is 3. The van der Waals surface area contributed by atoms with Crippen molar-refractivity contribution in [1.82, 2.24) is 15.0 Å². The maximum atomic E-state index is 10.5. The van der Waals surface area contributed by atoms with Gasteiger partial charge in [-0.1, -0.05) is 25.3 Å². The van der Waals surface area contributed by atoms with Crippen LogP contribution >= 0.6 is 0 Å². The summed E-state index contributed by atoms with van der Waals surface area (Å²) in [6.07, 6.45) is 11.3. The maximum Gasteiger partial charge on any atom is 0.143 e. The molecule has 3 aromatic rings. The molecule has 1 saturated carbocycles. The first-order chi connectivity index (χ1) is 14.7. The van der Waals surface area contributed by atoms with E-state index in [-0.39, 0.29) is 5.75 Å². The molecule has 0 aromatic carbocycles. The Morgan fingerprint density at radius 3 is 2.67 bits per heavy atom. The molecular weight excluding hydrogens is 374 g/mol. The normalized spacial score (nSPS) is 14.4. The lowest BCUT2D eigenvalue weighted by Crippen LogP contribution is -2.23. The molecule has 3 heterocycles. The Hall–Kier alpha value is -3.15. The number of nitrogens with zero attached hydrogens (tertiary/aromatic N) is 4. The van der Waals surface area contributed by atoms with E-state index in [0.29, 0.717) is 11.6 Å². The van der Waals surface area contributed by atoms with Gasteiger partial charge in [-0.15, -0.1) is 0 Å². The van der Waals surface area contributed by atoms with Gasteiger partial charge in [0.2, 0.25) is 0 Å². The molecule has 0 bridgehead atoms. The number of aromatic nitrogens is 3. The van der Waals surface area contributed by atoms with Gasteiger partial charge in [-0.05, 0) is 55.7 Å². The Balaban J connectivity index is 1.57. The lowest BCUT2D eigenvalue weighted by Gasteiger charge is -2.24. The molecule has 2 N–H and O–H groups in total. The second-order valence-corrected chi connectivity index (χ2v) is 7.82. The molecule has 0 radical (unpaired) electrons. The molecule has 6 heteroatoms. The van der Waals surface area contributed by atoms with E-state index in [0.717, 1.165) is 30.4 Å². The number of hydrogen-bond donors (Lipinski definition) is 2. The lowest BCUT2D eigenvalue weighted by molar-refractivity contribution is 0.460. The summed E-state index contributed by atoms with van der Waals surface area (Å²) in [7, 11) is 0. The minimum atomic E-state index is 0.144. The maximum absolute atomic E-state index is 10.5. The van der Waals surface area contributed by atoms with Crippen LogP contribution < -0.4 is 10.2 Å². The molecule has 4 rings (SSSR count). The van der Waals surface area contributed by atoms with Crippen LogP contribution in [0.15, 0.2) is 55.0 Å². The van der Waals surface area contributed by atoms with Crippen LogP contribution in [0.5, 0.6) is 5.75 Å². The zero-order valence-corrected chi connectivity index (χ0v) is 17.5. The predicted octanol–water partition coefficient (Wildman–Crippen LogP) is 5.02. The van der Waals surface area contributed by atoms with E-state index in [2.05, 4.69) is 27.1 Å². The van der Waals surface area contributed by atoms with Crippen LogP contribution in [0.3, 0.4) is 0 Å². The van der Waals surface area contributed by atoms with Gasteiger partial charge >= 0.3 is 0 Å². The highest BCUT2D eigenvalue weighted by Gasteiger charge is 2.16. The molecule has 0 atom stereocenters. The van der Waals surface area contributed by atoms with Gasteiger partial charge in [0.05, 0.1) is 11.9 Å². The quantitative estimate of drug-likeness (QED) is 0.577. The summed E-state index contributed by atoms with van der Waals surface area (Å²) in [6.45, 7) is 3.70. The van der Waals surface area contributed by atoms with Crippen LogP contribution in [-0.2, 0) is 6.54 Å². The Bertz CT molecular complexity index is 957. The molecule has 0 saturated heterocycles. The Morgan fingerprint density at radius 2 is 1.90 bits per heavy atom. The largest absolute Gasteiger partial charge is 0.506 e. The second-order valence-electron chi connectivity index (χ2n) is 7.82. The molecular formula is C24H29N5O. The number of hydrogen-bond acceptors (Lipinski definition) is 6. The summed E-state index contributed by atoms with van der Waals surface area (Å²) < 4.78 is 0. The molecule has 1 fully saturated rings. The number of rotatable bonds is 7. The highest BCUT2D eigenvalue weighted by Crippen LogP contribution is 2.31. The van der Waals surface area contributed by atoms with E-state index in [1.165, 1.54) is 43.9 Å². The first-order valence-electron chi connectivity index (χ1n) is 10.8. The minimum absolute atomic E-state index is 0.144. The summed E-state index contributed by atoms with van der Waals surface area (Å²) in [4.78, 5) is 15.5. The van der Waals surface area contributed by atoms with Gasteiger partial charge < -0.3 is 15.3 Å². The first kappa shape index (κ1) is 20.1. The highest BCUT2D eigenvalue weighted by molar-refractivity contribution is 5.70. The number of aromatic hydroxyl groups is 1. The van der Waals surface area contributed by atoms with Gasteiger partial charge in [-0.25, -0.2) is 9.97 Å². The molecule has 0 spiro atoms. The topological polar surface area (TPSA) is 74.2 Å². The van der Waals surface area contributed by atoms with Crippen molar-refractivity contribution in [2.24, 2.45) is 0 Å². The molecule has 0 aliphatic heterocycles. The highest BCUT2D eigenvalue weighted by atomic mass is 16.3.